The Balaban J connectivity index is 2.34. The Hall–Kier alpha value is -2.02. The lowest BCUT2D eigenvalue weighted by atomic mass is 9.95. The summed E-state index contributed by atoms with van der Waals surface area (Å²) >= 11 is 0. The number of hydrogen-bond acceptors (Lipinski definition) is 0. The van der Waals surface area contributed by atoms with E-state index in [4.69, 9.17) is 0 Å². The molecule has 2 aromatic carbocycles. The lowest BCUT2D eigenvalue weighted by Crippen LogP contribution is -1.87. The molecule has 17 heavy (non-hydrogen) atoms. The molecule has 1 N–H and O–H groups in total. The van der Waals surface area contributed by atoms with E-state index >= 15 is 0 Å². The maximum atomic E-state index is 3.36. The summed E-state index contributed by atoms with van der Waals surface area (Å²) in [4.78, 5) is 3.24. The number of hydrogen-bond donors (Lipinski definition) is 1. The smallest absolute Gasteiger partial charge is 0.0460 e. The van der Waals surface area contributed by atoms with E-state index in [0.717, 1.165) is 0 Å². The Bertz CT molecular complexity index is 677. The standard InChI is InChI=1S/C16H14N/c1-11-5-3-6-13(12(11)2)14-7-4-8-16-15(14)9-10-17-16/h3-6,8-10,17H,1-2H3. The molecule has 0 aliphatic carbocycles. The van der Waals surface area contributed by atoms with Crippen molar-refractivity contribution >= 4 is 10.9 Å². The SMILES string of the molecule is Cc1cccc(-c2[c]ccc3[nH]ccc23)c1C. The van der Waals surface area contributed by atoms with Gasteiger partial charge in [-0.1, -0.05) is 24.3 Å². The molecule has 0 amide bonds. The van der Waals surface area contributed by atoms with E-state index in [-0.39, 0.29) is 0 Å². The molecular weight excluding hydrogens is 206 g/mol. The van der Waals surface area contributed by atoms with Crippen molar-refractivity contribution in [1.82, 2.24) is 4.98 Å². The predicted octanol–water partition coefficient (Wildman–Crippen LogP) is 4.25. The first-order valence-corrected chi connectivity index (χ1v) is 5.82. The fraction of sp³-hybridized carbons (Fsp3) is 0.125. The molecule has 0 atom stereocenters. The van der Waals surface area contributed by atoms with Crippen LogP contribution in [0.2, 0.25) is 0 Å². The third-order valence-corrected chi connectivity index (χ3v) is 3.40. The van der Waals surface area contributed by atoms with E-state index in [2.05, 4.69) is 55.2 Å². The highest BCUT2D eigenvalue weighted by Crippen LogP contribution is 2.30. The average molecular weight is 220 g/mol. The highest BCUT2D eigenvalue weighted by Gasteiger charge is 2.07. The molecule has 1 aromatic heterocycles. The van der Waals surface area contributed by atoms with Crippen molar-refractivity contribution < 1.29 is 0 Å². The molecule has 3 aromatic rings. The van der Waals surface area contributed by atoms with Gasteiger partial charge in [0.15, 0.2) is 0 Å². The molecule has 0 spiro atoms. The first-order valence-electron chi connectivity index (χ1n) is 5.82. The lowest BCUT2D eigenvalue weighted by Gasteiger charge is -2.09. The topological polar surface area (TPSA) is 15.8 Å². The molecule has 1 heteroatoms. The number of fused-ring (bicyclic) bond motifs is 1. The summed E-state index contributed by atoms with van der Waals surface area (Å²) in [7, 11) is 0. The van der Waals surface area contributed by atoms with Crippen molar-refractivity contribution in [3.63, 3.8) is 0 Å². The van der Waals surface area contributed by atoms with Gasteiger partial charge >= 0.3 is 0 Å². The predicted molar refractivity (Wildman–Crippen MR) is 72.0 cm³/mol. The maximum Gasteiger partial charge on any atom is 0.0460 e. The highest BCUT2D eigenvalue weighted by atomic mass is 14.7. The summed E-state index contributed by atoms with van der Waals surface area (Å²) in [5.74, 6) is 0. The van der Waals surface area contributed by atoms with Crippen LogP contribution >= 0.6 is 0 Å². The number of aryl methyl sites for hydroxylation is 1. The molecule has 0 bridgehead atoms. The Morgan fingerprint density at radius 2 is 1.94 bits per heavy atom. The summed E-state index contributed by atoms with van der Waals surface area (Å²) in [5, 5.41) is 1.24. The third-order valence-electron chi connectivity index (χ3n) is 3.40. The fourth-order valence-electron chi connectivity index (χ4n) is 2.27. The fourth-order valence-corrected chi connectivity index (χ4v) is 2.27. The van der Waals surface area contributed by atoms with Gasteiger partial charge in [-0.2, -0.15) is 0 Å². The zero-order chi connectivity index (χ0) is 11.8. The van der Waals surface area contributed by atoms with Crippen molar-refractivity contribution in [3.05, 3.63) is 59.8 Å². The van der Waals surface area contributed by atoms with Gasteiger partial charge in [-0.25, -0.2) is 0 Å². The van der Waals surface area contributed by atoms with Crippen LogP contribution in [0.5, 0.6) is 0 Å². The van der Waals surface area contributed by atoms with Crippen molar-refractivity contribution in [2.24, 2.45) is 0 Å². The van der Waals surface area contributed by atoms with E-state index in [0.29, 0.717) is 0 Å². The van der Waals surface area contributed by atoms with Crippen molar-refractivity contribution in [2.75, 3.05) is 0 Å². The normalized spacial score (nSPS) is 10.9. The second-order valence-electron chi connectivity index (χ2n) is 4.41. The average Bonchev–Trinajstić information content (AvgIpc) is 2.81. The van der Waals surface area contributed by atoms with Crippen LogP contribution in [0.25, 0.3) is 22.0 Å². The first-order chi connectivity index (χ1) is 8.27. The van der Waals surface area contributed by atoms with E-state index < -0.39 is 0 Å². The number of aromatic nitrogens is 1. The van der Waals surface area contributed by atoms with Gasteiger partial charge in [0, 0.05) is 17.1 Å². The van der Waals surface area contributed by atoms with Gasteiger partial charge in [0.1, 0.15) is 0 Å². The van der Waals surface area contributed by atoms with Gasteiger partial charge in [-0.3, -0.25) is 0 Å². The van der Waals surface area contributed by atoms with Crippen LogP contribution in [-0.2, 0) is 0 Å². The van der Waals surface area contributed by atoms with Gasteiger partial charge in [-0.15, -0.1) is 0 Å². The maximum absolute atomic E-state index is 3.36. The van der Waals surface area contributed by atoms with Gasteiger partial charge in [0.2, 0.25) is 0 Å². The second-order valence-corrected chi connectivity index (χ2v) is 4.41. The molecule has 0 saturated heterocycles. The van der Waals surface area contributed by atoms with Crippen molar-refractivity contribution in [3.8, 4) is 11.1 Å². The second kappa shape index (κ2) is 3.77. The number of nitrogens with one attached hydrogen (secondary N) is 1. The molecule has 0 aliphatic heterocycles. The molecule has 83 valence electrons. The van der Waals surface area contributed by atoms with E-state index in [9.17, 15) is 0 Å². The van der Waals surface area contributed by atoms with Gasteiger partial charge < -0.3 is 4.98 Å². The number of H-pyrrole nitrogens is 1. The number of aromatic amines is 1. The van der Waals surface area contributed by atoms with E-state index in [1.807, 2.05) is 12.3 Å². The molecular formula is C16H14N. The van der Waals surface area contributed by atoms with Crippen LogP contribution < -0.4 is 0 Å². The monoisotopic (exact) mass is 220 g/mol. The van der Waals surface area contributed by atoms with Gasteiger partial charge in [0.25, 0.3) is 0 Å². The minimum Gasteiger partial charge on any atom is -0.361 e. The Morgan fingerprint density at radius 1 is 1.06 bits per heavy atom. The minimum absolute atomic E-state index is 1.17. The molecule has 0 saturated carbocycles. The largest absolute Gasteiger partial charge is 0.361 e. The van der Waals surface area contributed by atoms with Crippen LogP contribution in [0.4, 0.5) is 0 Å². The summed E-state index contributed by atoms with van der Waals surface area (Å²) < 4.78 is 0. The van der Waals surface area contributed by atoms with Gasteiger partial charge in [0.05, 0.1) is 0 Å². The quantitative estimate of drug-likeness (QED) is 0.631. The first kappa shape index (κ1) is 10.2. The summed E-state index contributed by atoms with van der Waals surface area (Å²) in [6.07, 6.45) is 1.98. The molecule has 0 unspecified atom stereocenters. The zero-order valence-electron chi connectivity index (χ0n) is 10.0. The lowest BCUT2D eigenvalue weighted by molar-refractivity contribution is 1.34. The van der Waals surface area contributed by atoms with Gasteiger partial charge in [-0.05, 0) is 54.3 Å². The van der Waals surface area contributed by atoms with Crippen molar-refractivity contribution in [1.29, 1.82) is 0 Å². The van der Waals surface area contributed by atoms with Crippen LogP contribution in [0.15, 0.2) is 42.6 Å². The molecule has 0 aliphatic rings. The van der Waals surface area contributed by atoms with Crippen LogP contribution in [-0.4, -0.2) is 4.98 Å². The van der Waals surface area contributed by atoms with E-state index in [1.54, 1.807) is 0 Å². The minimum atomic E-state index is 1.17. The molecule has 1 heterocycles. The number of benzene rings is 2. The highest BCUT2D eigenvalue weighted by molar-refractivity contribution is 5.95. The molecule has 1 nitrogen and oxygen atoms in total. The van der Waals surface area contributed by atoms with E-state index in [1.165, 1.54) is 33.2 Å². The molecule has 3 rings (SSSR count). The third kappa shape index (κ3) is 1.55. The Labute approximate surface area is 101 Å². The molecule has 0 fully saturated rings. The Morgan fingerprint density at radius 3 is 2.82 bits per heavy atom. The summed E-state index contributed by atoms with van der Waals surface area (Å²) in [6, 6.07) is 15.9. The van der Waals surface area contributed by atoms with Crippen LogP contribution in [0.1, 0.15) is 11.1 Å². The van der Waals surface area contributed by atoms with Crippen LogP contribution in [0, 0.1) is 19.9 Å². The summed E-state index contributed by atoms with van der Waals surface area (Å²) in [5.41, 5.74) is 6.28. The Kier molecular flexibility index (Phi) is 2.25. The zero-order valence-corrected chi connectivity index (χ0v) is 10.0. The van der Waals surface area contributed by atoms with Crippen molar-refractivity contribution in [2.45, 2.75) is 13.8 Å². The molecule has 1 radical (unpaired) electrons. The summed E-state index contributed by atoms with van der Waals surface area (Å²) in [6.45, 7) is 4.32. The van der Waals surface area contributed by atoms with Crippen LogP contribution in [0.3, 0.4) is 0 Å². The number of rotatable bonds is 1.